The second-order valence-electron chi connectivity index (χ2n) is 3.66. The van der Waals surface area contributed by atoms with E-state index in [0.29, 0.717) is 5.75 Å². The summed E-state index contributed by atoms with van der Waals surface area (Å²) >= 11 is 0. The van der Waals surface area contributed by atoms with Crippen molar-refractivity contribution in [3.8, 4) is 5.75 Å². The van der Waals surface area contributed by atoms with Gasteiger partial charge in [-0.3, -0.25) is 0 Å². The first-order chi connectivity index (χ1) is 9.11. The number of carbonyl (C=O) groups is 1. The lowest BCUT2D eigenvalue weighted by molar-refractivity contribution is 0.211. The molecule has 1 aliphatic rings. The molecule has 6 heteroatoms. The fourth-order valence-corrected chi connectivity index (χ4v) is 1.22. The fraction of sp³-hybridized carbons (Fsp3) is 0.154. The summed E-state index contributed by atoms with van der Waals surface area (Å²) in [5.41, 5.74) is 6.57. The molecule has 2 N–H and O–H groups in total. The summed E-state index contributed by atoms with van der Waals surface area (Å²) in [6, 6.07) is 8.34. The van der Waals surface area contributed by atoms with Gasteiger partial charge < -0.3 is 10.5 Å². The number of amidine groups is 1. The Kier molecular flexibility index (Phi) is 5.72. The smallest absolute Gasteiger partial charge is 0.408 e. The maximum atomic E-state index is 10.6. The van der Waals surface area contributed by atoms with E-state index in [1.54, 1.807) is 36.5 Å². The molecule has 0 atom stereocenters. The summed E-state index contributed by atoms with van der Waals surface area (Å²) in [5, 5.41) is 0. The lowest BCUT2D eigenvalue weighted by Gasteiger charge is -1.96. The van der Waals surface area contributed by atoms with Crippen molar-refractivity contribution in [2.75, 3.05) is 0 Å². The molecule has 0 saturated heterocycles. The molecule has 19 heavy (non-hydrogen) atoms. The predicted molar refractivity (Wildman–Crippen MR) is 70.6 cm³/mol. The molecule has 0 aromatic heterocycles. The van der Waals surface area contributed by atoms with Crippen molar-refractivity contribution in [2.24, 2.45) is 15.7 Å². The van der Waals surface area contributed by atoms with E-state index in [1.807, 2.05) is 6.92 Å². The summed E-state index contributed by atoms with van der Waals surface area (Å²) in [7, 11) is 0. The molecule has 1 amide bonds. The van der Waals surface area contributed by atoms with Crippen molar-refractivity contribution >= 4 is 18.0 Å². The highest BCUT2D eigenvalue weighted by molar-refractivity contribution is 5.85. The number of benzene rings is 1. The highest BCUT2D eigenvalue weighted by Gasteiger charge is 1.99. The molecule has 6 nitrogen and oxygen atoms in total. The summed E-state index contributed by atoms with van der Waals surface area (Å²) in [6.07, 6.45) is 2.79. The zero-order valence-electron chi connectivity index (χ0n) is 10.4. The lowest BCUT2D eigenvalue weighted by atomic mass is 10.2. The second-order valence-corrected chi connectivity index (χ2v) is 3.66. The highest BCUT2D eigenvalue weighted by Crippen LogP contribution is 2.08. The van der Waals surface area contributed by atoms with Gasteiger partial charge in [0.25, 0.3) is 0 Å². The van der Waals surface area contributed by atoms with Gasteiger partial charge in [-0.05, 0) is 24.6 Å². The van der Waals surface area contributed by atoms with E-state index in [2.05, 4.69) is 14.7 Å². The average molecular weight is 259 g/mol. The monoisotopic (exact) mass is 259 g/mol. The zero-order chi connectivity index (χ0) is 14.1. The third kappa shape index (κ3) is 5.95. The van der Waals surface area contributed by atoms with Crippen molar-refractivity contribution in [1.82, 2.24) is 0 Å². The minimum Gasteiger partial charge on any atom is -0.408 e. The summed E-state index contributed by atoms with van der Waals surface area (Å²) in [5.74, 6) is 1.08. The minimum absolute atomic E-state index is 0.349. The van der Waals surface area contributed by atoms with Crippen molar-refractivity contribution in [3.63, 3.8) is 0 Å². The first-order valence-corrected chi connectivity index (χ1v) is 5.44. The molecule has 2 rings (SSSR count). The molecule has 0 aliphatic carbocycles. The topological polar surface area (TPSA) is 94.1 Å². The predicted octanol–water partition coefficient (Wildman–Crippen LogP) is 2.17. The average Bonchev–Trinajstić information content (AvgIpc) is 2.75. The Labute approximate surface area is 110 Å². The van der Waals surface area contributed by atoms with Crippen LogP contribution in [0.1, 0.15) is 13.3 Å². The van der Waals surface area contributed by atoms with Gasteiger partial charge in [0.05, 0.1) is 0 Å². The third-order valence-electron chi connectivity index (χ3n) is 2.00. The van der Waals surface area contributed by atoms with Crippen molar-refractivity contribution in [3.05, 3.63) is 42.1 Å². The van der Waals surface area contributed by atoms with Crippen LogP contribution in [0.5, 0.6) is 5.75 Å². The number of hydrogen-bond acceptors (Lipinski definition) is 5. The van der Waals surface area contributed by atoms with Crippen LogP contribution in [0.3, 0.4) is 0 Å². The largest absolute Gasteiger partial charge is 0.450 e. The van der Waals surface area contributed by atoms with Crippen LogP contribution in [0.2, 0.25) is 0 Å². The molecule has 0 radical (unpaired) electrons. The van der Waals surface area contributed by atoms with Gasteiger partial charge in [-0.1, -0.05) is 23.2 Å². The second kappa shape index (κ2) is 7.58. The quantitative estimate of drug-likeness (QED) is 0.617. The van der Waals surface area contributed by atoms with E-state index in [4.69, 9.17) is 5.73 Å². The van der Waals surface area contributed by atoms with Crippen LogP contribution in [-0.2, 0) is 4.79 Å². The van der Waals surface area contributed by atoms with Gasteiger partial charge in [-0.2, -0.15) is 0 Å². The van der Waals surface area contributed by atoms with Crippen LogP contribution in [-0.4, -0.2) is 18.0 Å². The molecule has 0 spiro atoms. The Morgan fingerprint density at radius 1 is 1.42 bits per heavy atom. The fourth-order valence-electron chi connectivity index (χ4n) is 1.22. The molecule has 1 aromatic carbocycles. The van der Waals surface area contributed by atoms with Gasteiger partial charge in [0.15, 0.2) is 0 Å². The molecular weight excluding hydrogens is 246 g/mol. The van der Waals surface area contributed by atoms with E-state index < -0.39 is 6.09 Å². The maximum Gasteiger partial charge on any atom is 0.450 e. The van der Waals surface area contributed by atoms with Gasteiger partial charge >= 0.3 is 6.09 Å². The molecule has 1 aromatic rings. The summed E-state index contributed by atoms with van der Waals surface area (Å²) < 4.78 is 4.59. The normalized spacial score (nSPS) is 12.3. The van der Waals surface area contributed by atoms with Crippen LogP contribution in [0.15, 0.2) is 52.1 Å². The molecule has 0 fully saturated rings. The van der Waals surface area contributed by atoms with Crippen LogP contribution >= 0.6 is 0 Å². The highest BCUT2D eigenvalue weighted by atomic mass is 16.5. The maximum absolute atomic E-state index is 10.6. The van der Waals surface area contributed by atoms with Gasteiger partial charge in [0, 0.05) is 12.6 Å². The molecule has 1 heterocycles. The van der Waals surface area contributed by atoms with Gasteiger partial charge in [-0.25, -0.2) is 14.6 Å². The van der Waals surface area contributed by atoms with E-state index in [0.717, 1.165) is 18.3 Å². The molecule has 1 aliphatic heterocycles. The Morgan fingerprint density at radius 3 is 2.53 bits per heavy atom. The number of carbonyl (C=O) groups excluding carboxylic acids is 2. The Hall–Kier alpha value is -2.72. The third-order valence-corrected chi connectivity index (χ3v) is 2.00. The van der Waals surface area contributed by atoms with Crippen LogP contribution in [0, 0.1) is 0 Å². The lowest BCUT2D eigenvalue weighted by Crippen LogP contribution is -2.07. The summed E-state index contributed by atoms with van der Waals surface area (Å²) in [6.45, 7) is 2.02. The number of nitrogens with zero attached hydrogens (tertiary/aromatic N) is 2. The standard InChI is InChI=1S/C8H5NO3.C5H8N2/c10-6-9-8(11)12-7-4-2-1-3-5-7;1-4-2-5(6)7-3-4/h1-5H;3H,2H2,1H3,(H2,6,7). The number of amides is 1. The Morgan fingerprint density at radius 2 is 2.11 bits per heavy atom. The van der Waals surface area contributed by atoms with Crippen molar-refractivity contribution in [2.45, 2.75) is 13.3 Å². The Bertz CT molecular complexity index is 528. The SMILES string of the molecule is CC1=CN=C(N)C1.O=C=NC(=O)Oc1ccccc1. The van der Waals surface area contributed by atoms with Gasteiger partial charge in [-0.15, -0.1) is 0 Å². The number of aliphatic imine (C=N–C) groups is 2. The number of para-hydroxylation sites is 1. The number of isocyanates is 1. The first-order valence-electron chi connectivity index (χ1n) is 5.44. The molecule has 0 saturated carbocycles. The number of nitrogens with two attached hydrogens (primary N) is 1. The van der Waals surface area contributed by atoms with Crippen LogP contribution in [0.4, 0.5) is 4.79 Å². The van der Waals surface area contributed by atoms with Gasteiger partial charge in [0.1, 0.15) is 11.6 Å². The number of hydrogen-bond donors (Lipinski definition) is 1. The summed E-state index contributed by atoms with van der Waals surface area (Å²) in [4.78, 5) is 26.8. The number of ether oxygens (including phenoxy) is 1. The first kappa shape index (κ1) is 14.3. The molecule has 98 valence electrons. The van der Waals surface area contributed by atoms with E-state index in [9.17, 15) is 9.59 Å². The molecule has 0 bridgehead atoms. The molecular formula is C13H13N3O3. The van der Waals surface area contributed by atoms with E-state index in [1.165, 1.54) is 5.57 Å². The van der Waals surface area contributed by atoms with E-state index in [-0.39, 0.29) is 0 Å². The van der Waals surface area contributed by atoms with Crippen molar-refractivity contribution < 1.29 is 14.3 Å². The number of rotatable bonds is 1. The zero-order valence-corrected chi connectivity index (χ0v) is 10.4. The van der Waals surface area contributed by atoms with Crippen molar-refractivity contribution in [1.29, 1.82) is 0 Å². The van der Waals surface area contributed by atoms with E-state index >= 15 is 0 Å². The minimum atomic E-state index is -0.962. The Balaban J connectivity index is 0.000000218. The van der Waals surface area contributed by atoms with Crippen LogP contribution in [0.25, 0.3) is 0 Å². The molecule has 0 unspecified atom stereocenters. The van der Waals surface area contributed by atoms with Crippen LogP contribution < -0.4 is 10.5 Å². The van der Waals surface area contributed by atoms with Gasteiger partial charge in [0.2, 0.25) is 6.08 Å².